The lowest BCUT2D eigenvalue weighted by atomic mass is 9.94. The number of likely N-dealkylation sites (tertiary alicyclic amines) is 1. The summed E-state index contributed by atoms with van der Waals surface area (Å²) in [5.41, 5.74) is 2.01. The van der Waals surface area contributed by atoms with Gasteiger partial charge in [-0.05, 0) is 62.5 Å². The smallest absolute Gasteiger partial charge is 0.295 e. The SMILES string of the molecule is COc1ccc(C(O)=C2C(=O)C(=O)N(CCN(C)C)[C@H]2c2ccc(Cl)cc2)c(C)c1. The number of methoxy groups -OCH3 is 1. The van der Waals surface area contributed by atoms with Crippen molar-refractivity contribution < 1.29 is 19.4 Å². The number of likely N-dealkylation sites (N-methyl/N-ethyl adjacent to an activating group) is 1. The van der Waals surface area contributed by atoms with Crippen molar-refractivity contribution in [2.24, 2.45) is 0 Å². The Hall–Kier alpha value is -2.83. The van der Waals surface area contributed by atoms with Crippen molar-refractivity contribution in [3.8, 4) is 5.75 Å². The van der Waals surface area contributed by atoms with Crippen molar-refractivity contribution in [3.05, 3.63) is 69.8 Å². The van der Waals surface area contributed by atoms with Gasteiger partial charge in [0.15, 0.2) is 0 Å². The molecule has 1 atom stereocenters. The van der Waals surface area contributed by atoms with E-state index in [1.807, 2.05) is 25.9 Å². The number of benzene rings is 2. The Kier molecular flexibility index (Phi) is 6.48. The molecule has 2 aromatic carbocycles. The molecular formula is C23H25ClN2O4. The van der Waals surface area contributed by atoms with Crippen LogP contribution in [-0.4, -0.2) is 60.9 Å². The van der Waals surface area contributed by atoms with Crippen LogP contribution >= 0.6 is 11.6 Å². The van der Waals surface area contributed by atoms with Crippen molar-refractivity contribution >= 4 is 29.1 Å². The van der Waals surface area contributed by atoms with Gasteiger partial charge in [-0.2, -0.15) is 0 Å². The first-order valence-corrected chi connectivity index (χ1v) is 9.96. The Bertz CT molecular complexity index is 999. The number of Topliss-reactive ketones (excluding diaryl/α,β-unsaturated/α-hetero) is 1. The lowest BCUT2D eigenvalue weighted by Crippen LogP contribution is -2.35. The summed E-state index contributed by atoms with van der Waals surface area (Å²) in [5.74, 6) is -0.864. The number of aliphatic hydroxyl groups is 1. The van der Waals surface area contributed by atoms with Gasteiger partial charge in [0.25, 0.3) is 11.7 Å². The van der Waals surface area contributed by atoms with Gasteiger partial charge in [0, 0.05) is 23.7 Å². The molecule has 6 nitrogen and oxygen atoms in total. The predicted molar refractivity (Wildman–Crippen MR) is 117 cm³/mol. The number of aliphatic hydroxyl groups excluding tert-OH is 1. The third-order valence-corrected chi connectivity index (χ3v) is 5.45. The number of halogens is 1. The molecular weight excluding hydrogens is 404 g/mol. The summed E-state index contributed by atoms with van der Waals surface area (Å²) in [6.07, 6.45) is 0. The van der Waals surface area contributed by atoms with E-state index in [0.717, 1.165) is 5.56 Å². The molecule has 1 aliphatic rings. The second kappa shape index (κ2) is 8.90. The van der Waals surface area contributed by atoms with E-state index in [0.29, 0.717) is 35.0 Å². The number of nitrogens with zero attached hydrogens (tertiary/aromatic N) is 2. The summed E-state index contributed by atoms with van der Waals surface area (Å²) >= 11 is 6.03. The second-order valence-electron chi connectivity index (χ2n) is 7.53. The fourth-order valence-electron chi connectivity index (χ4n) is 3.58. The fraction of sp³-hybridized carbons (Fsp3) is 0.304. The summed E-state index contributed by atoms with van der Waals surface area (Å²) in [6, 6.07) is 11.4. The van der Waals surface area contributed by atoms with Gasteiger partial charge in [-0.3, -0.25) is 9.59 Å². The lowest BCUT2D eigenvalue weighted by molar-refractivity contribution is -0.140. The van der Waals surface area contributed by atoms with Gasteiger partial charge in [-0.15, -0.1) is 0 Å². The minimum atomic E-state index is -0.693. The van der Waals surface area contributed by atoms with E-state index in [1.54, 1.807) is 49.6 Å². The molecule has 1 saturated heterocycles. The number of carbonyl (C=O) groups is 2. The minimum absolute atomic E-state index is 0.0781. The average molecular weight is 429 g/mol. The number of amides is 1. The zero-order valence-electron chi connectivity index (χ0n) is 17.5. The van der Waals surface area contributed by atoms with E-state index in [-0.39, 0.29) is 11.3 Å². The summed E-state index contributed by atoms with van der Waals surface area (Å²) in [6.45, 7) is 2.75. The van der Waals surface area contributed by atoms with Crippen LogP contribution in [0.25, 0.3) is 5.76 Å². The normalized spacial score (nSPS) is 18.3. The molecule has 0 aromatic heterocycles. The highest BCUT2D eigenvalue weighted by Crippen LogP contribution is 2.40. The maximum atomic E-state index is 13.0. The molecule has 3 rings (SSSR count). The number of rotatable bonds is 6. The number of hydrogen-bond donors (Lipinski definition) is 1. The zero-order valence-corrected chi connectivity index (χ0v) is 18.2. The molecule has 7 heteroatoms. The first-order valence-electron chi connectivity index (χ1n) is 9.58. The molecule has 1 heterocycles. The topological polar surface area (TPSA) is 70.1 Å². The molecule has 0 radical (unpaired) electrons. The number of ether oxygens (including phenoxy) is 1. The van der Waals surface area contributed by atoms with Gasteiger partial charge in [-0.1, -0.05) is 23.7 Å². The highest BCUT2D eigenvalue weighted by atomic mass is 35.5. The molecule has 1 fully saturated rings. The van der Waals surface area contributed by atoms with Crippen LogP contribution in [-0.2, 0) is 9.59 Å². The highest BCUT2D eigenvalue weighted by molar-refractivity contribution is 6.46. The van der Waals surface area contributed by atoms with Gasteiger partial charge in [-0.25, -0.2) is 0 Å². The Labute approximate surface area is 181 Å². The van der Waals surface area contributed by atoms with Crippen molar-refractivity contribution in [1.29, 1.82) is 0 Å². The Morgan fingerprint density at radius 2 is 1.83 bits per heavy atom. The second-order valence-corrected chi connectivity index (χ2v) is 7.96. The first kappa shape index (κ1) is 21.9. The van der Waals surface area contributed by atoms with Gasteiger partial charge in [0.2, 0.25) is 0 Å². The van der Waals surface area contributed by atoms with Crippen LogP contribution in [0, 0.1) is 6.92 Å². The Morgan fingerprint density at radius 1 is 1.17 bits per heavy atom. The monoisotopic (exact) mass is 428 g/mol. The Balaban J connectivity index is 2.16. The van der Waals surface area contributed by atoms with Crippen LogP contribution in [0.5, 0.6) is 5.75 Å². The number of ketones is 1. The van der Waals surface area contributed by atoms with E-state index < -0.39 is 17.7 Å². The van der Waals surface area contributed by atoms with E-state index in [9.17, 15) is 14.7 Å². The molecule has 0 saturated carbocycles. The standard InChI is InChI=1S/C23H25ClN2O4/c1-14-13-17(30-4)9-10-18(14)21(27)19-20(15-5-7-16(24)8-6-15)26(12-11-25(2)3)23(29)22(19)28/h5-10,13,20,27H,11-12H2,1-4H3/t20-/m0/s1. The third kappa shape index (κ3) is 4.20. The van der Waals surface area contributed by atoms with Gasteiger partial charge < -0.3 is 19.6 Å². The molecule has 0 bridgehead atoms. The maximum absolute atomic E-state index is 13.0. The molecule has 1 aliphatic heterocycles. The fourth-order valence-corrected chi connectivity index (χ4v) is 3.71. The summed E-state index contributed by atoms with van der Waals surface area (Å²) < 4.78 is 5.22. The lowest BCUT2D eigenvalue weighted by Gasteiger charge is -2.26. The zero-order chi connectivity index (χ0) is 22.0. The number of hydrogen-bond acceptors (Lipinski definition) is 5. The number of aryl methyl sites for hydroxylation is 1. The van der Waals surface area contributed by atoms with E-state index in [1.165, 1.54) is 4.90 Å². The molecule has 158 valence electrons. The molecule has 0 aliphatic carbocycles. The summed E-state index contributed by atoms with van der Waals surface area (Å²) in [4.78, 5) is 29.3. The van der Waals surface area contributed by atoms with Gasteiger partial charge in [0.05, 0.1) is 18.7 Å². The summed E-state index contributed by atoms with van der Waals surface area (Å²) in [5, 5.41) is 11.7. The average Bonchev–Trinajstić information content (AvgIpc) is 2.96. The highest BCUT2D eigenvalue weighted by Gasteiger charge is 2.46. The Morgan fingerprint density at radius 3 is 2.40 bits per heavy atom. The van der Waals surface area contributed by atoms with Gasteiger partial charge >= 0.3 is 0 Å². The van der Waals surface area contributed by atoms with Crippen LogP contribution in [0.4, 0.5) is 0 Å². The quantitative estimate of drug-likeness (QED) is 0.432. The predicted octanol–water partition coefficient (Wildman–Crippen LogP) is 3.64. The van der Waals surface area contributed by atoms with Crippen LogP contribution in [0.2, 0.25) is 5.02 Å². The van der Waals surface area contributed by atoms with Crippen LogP contribution < -0.4 is 4.74 Å². The van der Waals surface area contributed by atoms with Crippen LogP contribution in [0.1, 0.15) is 22.7 Å². The van der Waals surface area contributed by atoms with Crippen molar-refractivity contribution in [2.75, 3.05) is 34.3 Å². The van der Waals surface area contributed by atoms with Crippen molar-refractivity contribution in [2.45, 2.75) is 13.0 Å². The summed E-state index contributed by atoms with van der Waals surface area (Å²) in [7, 11) is 5.36. The van der Waals surface area contributed by atoms with Crippen LogP contribution in [0.15, 0.2) is 48.0 Å². The van der Waals surface area contributed by atoms with Gasteiger partial charge in [0.1, 0.15) is 11.5 Å². The third-order valence-electron chi connectivity index (χ3n) is 5.20. The molecule has 1 amide bonds. The number of carbonyl (C=O) groups excluding carboxylic acids is 2. The molecule has 1 N–H and O–H groups in total. The first-order chi connectivity index (χ1) is 14.2. The largest absolute Gasteiger partial charge is 0.507 e. The van der Waals surface area contributed by atoms with Crippen molar-refractivity contribution in [3.63, 3.8) is 0 Å². The molecule has 0 unspecified atom stereocenters. The van der Waals surface area contributed by atoms with Crippen molar-refractivity contribution in [1.82, 2.24) is 9.80 Å². The minimum Gasteiger partial charge on any atom is -0.507 e. The maximum Gasteiger partial charge on any atom is 0.295 e. The van der Waals surface area contributed by atoms with E-state index in [2.05, 4.69) is 0 Å². The molecule has 30 heavy (non-hydrogen) atoms. The van der Waals surface area contributed by atoms with Crippen LogP contribution in [0.3, 0.4) is 0 Å². The molecule has 0 spiro atoms. The van der Waals surface area contributed by atoms with E-state index >= 15 is 0 Å². The van der Waals surface area contributed by atoms with E-state index in [4.69, 9.17) is 16.3 Å². The molecule has 2 aromatic rings.